The second-order valence-corrected chi connectivity index (χ2v) is 8.65. The number of nitrogens with one attached hydrogen (secondary N) is 1. The van der Waals surface area contributed by atoms with Gasteiger partial charge in [0.2, 0.25) is 5.91 Å². The fourth-order valence-corrected chi connectivity index (χ4v) is 4.81. The summed E-state index contributed by atoms with van der Waals surface area (Å²) in [5.41, 5.74) is 1.85. The third-order valence-electron chi connectivity index (χ3n) is 6.49. The summed E-state index contributed by atoms with van der Waals surface area (Å²) in [5, 5.41) is 4.91. The van der Waals surface area contributed by atoms with Crippen LogP contribution >= 0.6 is 0 Å². The van der Waals surface area contributed by atoms with Crippen LogP contribution in [0.1, 0.15) is 51.1 Å². The minimum atomic E-state index is -0.918. The van der Waals surface area contributed by atoms with Crippen LogP contribution < -0.4 is 5.32 Å². The van der Waals surface area contributed by atoms with Crippen LogP contribution in [0.3, 0.4) is 0 Å². The van der Waals surface area contributed by atoms with E-state index in [0.29, 0.717) is 5.56 Å². The van der Waals surface area contributed by atoms with Crippen LogP contribution in [0.15, 0.2) is 60.7 Å². The molecule has 1 saturated carbocycles. The summed E-state index contributed by atoms with van der Waals surface area (Å²) in [6, 6.07) is 17.6. The van der Waals surface area contributed by atoms with Gasteiger partial charge in [0, 0.05) is 13.0 Å². The van der Waals surface area contributed by atoms with Crippen LogP contribution in [0.5, 0.6) is 0 Å². The molecule has 0 aromatic heterocycles. The summed E-state index contributed by atoms with van der Waals surface area (Å²) in [4.78, 5) is 63.8. The van der Waals surface area contributed by atoms with Crippen LogP contribution in [0.25, 0.3) is 10.8 Å². The van der Waals surface area contributed by atoms with Gasteiger partial charge in [0.15, 0.2) is 5.78 Å². The zero-order valence-electron chi connectivity index (χ0n) is 18.4. The van der Waals surface area contributed by atoms with Crippen molar-refractivity contribution in [1.82, 2.24) is 10.2 Å². The number of ketones is 2. The Morgan fingerprint density at radius 1 is 0.882 bits per heavy atom. The van der Waals surface area contributed by atoms with E-state index in [1.807, 2.05) is 42.5 Å². The Hall–Kier alpha value is -4.13. The average molecular weight is 454 g/mol. The maximum Gasteiger partial charge on any atom is 0.262 e. The van der Waals surface area contributed by atoms with Gasteiger partial charge in [0.1, 0.15) is 5.78 Å². The Morgan fingerprint density at radius 3 is 2.44 bits per heavy atom. The molecule has 3 amide bonds. The first-order valence-corrected chi connectivity index (χ1v) is 11.2. The molecule has 1 fully saturated rings. The molecule has 2 aliphatic rings. The van der Waals surface area contributed by atoms with E-state index in [1.54, 1.807) is 18.2 Å². The third kappa shape index (κ3) is 3.79. The molecular weight excluding hydrogens is 432 g/mol. The number of hydrogen-bond donors (Lipinski definition) is 1. The topological polar surface area (TPSA) is 101 Å². The van der Waals surface area contributed by atoms with E-state index >= 15 is 0 Å². The SMILES string of the molecule is O=C1CCC(N2C(=O)c3cccc(CNC(=O)Cc4cccc5ccccc45)c3C2=O)C(=O)C1. The summed E-state index contributed by atoms with van der Waals surface area (Å²) in [6.07, 6.45) is 0.246. The van der Waals surface area contributed by atoms with E-state index in [0.717, 1.165) is 21.2 Å². The van der Waals surface area contributed by atoms with Gasteiger partial charge in [-0.1, -0.05) is 54.6 Å². The molecule has 0 saturated heterocycles. The summed E-state index contributed by atoms with van der Waals surface area (Å²) < 4.78 is 0. The summed E-state index contributed by atoms with van der Waals surface area (Å²) >= 11 is 0. The van der Waals surface area contributed by atoms with Gasteiger partial charge >= 0.3 is 0 Å². The van der Waals surface area contributed by atoms with E-state index in [2.05, 4.69) is 5.32 Å². The molecule has 1 aliphatic heterocycles. The molecule has 1 aliphatic carbocycles. The lowest BCUT2D eigenvalue weighted by atomic mass is 9.92. The molecule has 7 heteroatoms. The van der Waals surface area contributed by atoms with Crippen LogP contribution in [-0.2, 0) is 27.3 Å². The number of benzene rings is 3. The highest BCUT2D eigenvalue weighted by molar-refractivity contribution is 6.24. The number of Topliss-reactive ketones (excluding diaryl/α,β-unsaturated/α-hetero) is 2. The van der Waals surface area contributed by atoms with Crippen molar-refractivity contribution in [2.75, 3.05) is 0 Å². The molecule has 0 bridgehead atoms. The van der Waals surface area contributed by atoms with E-state index in [1.165, 1.54) is 0 Å². The number of hydrogen-bond acceptors (Lipinski definition) is 5. The highest BCUT2D eigenvalue weighted by atomic mass is 16.2. The van der Waals surface area contributed by atoms with Crippen molar-refractivity contribution in [3.8, 4) is 0 Å². The van der Waals surface area contributed by atoms with Gasteiger partial charge in [0.25, 0.3) is 11.8 Å². The smallest absolute Gasteiger partial charge is 0.262 e. The Morgan fingerprint density at radius 2 is 1.62 bits per heavy atom. The minimum Gasteiger partial charge on any atom is -0.352 e. The van der Waals surface area contributed by atoms with Crippen molar-refractivity contribution in [2.24, 2.45) is 0 Å². The summed E-state index contributed by atoms with van der Waals surface area (Å²) in [7, 11) is 0. The second-order valence-electron chi connectivity index (χ2n) is 8.65. The van der Waals surface area contributed by atoms with Crippen molar-refractivity contribution >= 4 is 40.1 Å². The van der Waals surface area contributed by atoms with Crippen LogP contribution in [0, 0.1) is 0 Å². The minimum absolute atomic E-state index is 0.0801. The maximum absolute atomic E-state index is 13.2. The van der Waals surface area contributed by atoms with Crippen LogP contribution in [-0.4, -0.2) is 40.2 Å². The molecule has 34 heavy (non-hydrogen) atoms. The largest absolute Gasteiger partial charge is 0.352 e. The number of rotatable bonds is 5. The summed E-state index contributed by atoms with van der Waals surface area (Å²) in [5.74, 6) is -1.87. The predicted molar refractivity (Wildman–Crippen MR) is 124 cm³/mol. The lowest BCUT2D eigenvalue weighted by Gasteiger charge is -2.27. The van der Waals surface area contributed by atoms with E-state index < -0.39 is 23.6 Å². The van der Waals surface area contributed by atoms with Crippen molar-refractivity contribution in [3.63, 3.8) is 0 Å². The van der Waals surface area contributed by atoms with Crippen LogP contribution in [0.2, 0.25) is 0 Å². The lowest BCUT2D eigenvalue weighted by molar-refractivity contribution is -0.132. The van der Waals surface area contributed by atoms with Gasteiger partial charge in [-0.25, -0.2) is 0 Å². The van der Waals surface area contributed by atoms with E-state index in [-0.39, 0.29) is 55.0 Å². The Balaban J connectivity index is 1.33. The standard InChI is InChI=1S/C27H22N2O5/c30-19-11-12-22(23(31)14-19)29-26(33)21-10-4-8-18(25(21)27(29)34)15-28-24(32)13-17-7-3-6-16-5-1-2-9-20(16)17/h1-10,22H,11-15H2,(H,28,32). The molecule has 1 heterocycles. The number of nitrogens with zero attached hydrogens (tertiary/aromatic N) is 1. The number of amides is 3. The molecule has 1 N–H and O–H groups in total. The van der Waals surface area contributed by atoms with Crippen molar-refractivity contribution in [1.29, 1.82) is 0 Å². The van der Waals surface area contributed by atoms with E-state index in [9.17, 15) is 24.0 Å². The lowest BCUT2D eigenvalue weighted by Crippen LogP contribution is -2.47. The van der Waals surface area contributed by atoms with Crippen LogP contribution in [0.4, 0.5) is 0 Å². The Bertz CT molecular complexity index is 1370. The molecule has 7 nitrogen and oxygen atoms in total. The molecule has 3 aromatic rings. The molecule has 0 radical (unpaired) electrons. The highest BCUT2D eigenvalue weighted by Crippen LogP contribution is 2.31. The predicted octanol–water partition coefficient (Wildman–Crippen LogP) is 2.99. The van der Waals surface area contributed by atoms with Crippen molar-refractivity contribution in [3.05, 3.63) is 82.9 Å². The van der Waals surface area contributed by atoms with Gasteiger partial charge in [-0.3, -0.25) is 28.9 Å². The highest BCUT2D eigenvalue weighted by Gasteiger charge is 2.45. The first kappa shape index (κ1) is 21.7. The van der Waals surface area contributed by atoms with Gasteiger partial charge < -0.3 is 5.32 Å². The monoisotopic (exact) mass is 454 g/mol. The Kier molecular flexibility index (Phi) is 5.53. The van der Waals surface area contributed by atoms with E-state index in [4.69, 9.17) is 0 Å². The summed E-state index contributed by atoms with van der Waals surface area (Å²) in [6.45, 7) is 0.0801. The molecule has 170 valence electrons. The molecule has 1 atom stereocenters. The fourth-order valence-electron chi connectivity index (χ4n) is 4.81. The normalized spacial score (nSPS) is 17.9. The second kappa shape index (κ2) is 8.67. The zero-order valence-corrected chi connectivity index (χ0v) is 18.4. The number of carbonyl (C=O) groups excluding carboxylic acids is 5. The number of carbonyl (C=O) groups is 5. The number of imide groups is 1. The molecule has 3 aromatic carbocycles. The van der Waals surface area contributed by atoms with Gasteiger partial charge in [0.05, 0.1) is 30.0 Å². The first-order chi connectivity index (χ1) is 16.4. The first-order valence-electron chi connectivity index (χ1n) is 11.2. The van der Waals surface area contributed by atoms with Crippen molar-refractivity contribution in [2.45, 2.75) is 38.3 Å². The molecule has 1 unspecified atom stereocenters. The quantitative estimate of drug-likeness (QED) is 0.472. The van der Waals surface area contributed by atoms with Crippen molar-refractivity contribution < 1.29 is 24.0 Å². The molecule has 0 spiro atoms. The third-order valence-corrected chi connectivity index (χ3v) is 6.49. The van der Waals surface area contributed by atoms with Gasteiger partial charge in [-0.05, 0) is 34.4 Å². The average Bonchev–Trinajstić information content (AvgIpc) is 3.08. The maximum atomic E-state index is 13.2. The molecule has 5 rings (SSSR count). The Labute approximate surface area is 195 Å². The number of fused-ring (bicyclic) bond motifs is 2. The molecular formula is C27H22N2O5. The zero-order chi connectivity index (χ0) is 23.8. The fraction of sp³-hybridized carbons (Fsp3) is 0.222. The van der Waals surface area contributed by atoms with Gasteiger partial charge in [-0.2, -0.15) is 0 Å². The van der Waals surface area contributed by atoms with Gasteiger partial charge in [-0.15, -0.1) is 0 Å².